The van der Waals surface area contributed by atoms with Gasteiger partial charge in [-0.1, -0.05) is 34.6 Å². The normalized spacial score (nSPS) is 9.57. The van der Waals surface area contributed by atoms with Crippen LogP contribution in [0.15, 0.2) is 30.8 Å². The predicted molar refractivity (Wildman–Crippen MR) is 63.6 cm³/mol. The monoisotopic (exact) mass is 253 g/mol. The lowest BCUT2D eigenvalue weighted by atomic mass is 10.1. The smallest absolute Gasteiger partial charge is 0.221 e. The molecular formula is C11H12BrNO. The Labute approximate surface area is 92.1 Å². The molecular weight excluding hydrogens is 242 g/mol. The molecule has 0 unspecified atom stereocenters. The molecule has 74 valence electrons. The summed E-state index contributed by atoms with van der Waals surface area (Å²) in [6, 6.07) is 7.63. The van der Waals surface area contributed by atoms with Gasteiger partial charge in [-0.2, -0.15) is 0 Å². The lowest BCUT2D eigenvalue weighted by Crippen LogP contribution is -2.05. The largest absolute Gasteiger partial charge is 0.326 e. The van der Waals surface area contributed by atoms with Crippen LogP contribution in [0.1, 0.15) is 12.5 Å². The summed E-state index contributed by atoms with van der Waals surface area (Å²) in [5, 5.41) is 3.46. The van der Waals surface area contributed by atoms with Gasteiger partial charge in [0.2, 0.25) is 5.91 Å². The Bertz CT molecular complexity index is 360. The summed E-state index contributed by atoms with van der Waals surface area (Å²) in [5.41, 5.74) is 2.84. The fraction of sp³-hybridized carbons (Fsp3) is 0.182. The van der Waals surface area contributed by atoms with E-state index >= 15 is 0 Å². The number of hydrogen-bond acceptors (Lipinski definition) is 1. The summed E-state index contributed by atoms with van der Waals surface area (Å²) in [5.74, 6) is -0.0633. The zero-order valence-corrected chi connectivity index (χ0v) is 9.60. The molecule has 1 rings (SSSR count). The van der Waals surface area contributed by atoms with E-state index in [2.05, 4.69) is 27.8 Å². The van der Waals surface area contributed by atoms with E-state index in [9.17, 15) is 4.79 Å². The molecule has 1 amide bonds. The standard InChI is InChI=1S/C11H12BrNO/c1-8(7-12)10-4-3-5-11(6-10)13-9(2)14/h3-6H,1,7H2,2H3,(H,13,14). The van der Waals surface area contributed by atoms with Crippen LogP contribution in [0.3, 0.4) is 0 Å². The molecule has 0 saturated carbocycles. The summed E-state index contributed by atoms with van der Waals surface area (Å²) in [6.45, 7) is 5.40. The predicted octanol–water partition coefficient (Wildman–Crippen LogP) is 3.05. The molecule has 0 aliphatic rings. The van der Waals surface area contributed by atoms with Crippen LogP contribution in [-0.2, 0) is 4.79 Å². The highest BCUT2D eigenvalue weighted by molar-refractivity contribution is 9.09. The fourth-order valence-corrected chi connectivity index (χ4v) is 1.42. The molecule has 0 atom stereocenters. The Morgan fingerprint density at radius 1 is 1.57 bits per heavy atom. The van der Waals surface area contributed by atoms with Crippen LogP contribution in [0, 0.1) is 0 Å². The van der Waals surface area contributed by atoms with Crippen molar-refractivity contribution >= 4 is 33.1 Å². The highest BCUT2D eigenvalue weighted by Gasteiger charge is 1.99. The summed E-state index contributed by atoms with van der Waals surface area (Å²) in [4.78, 5) is 10.8. The molecule has 2 nitrogen and oxygen atoms in total. The molecule has 3 heteroatoms. The van der Waals surface area contributed by atoms with Gasteiger partial charge in [-0.25, -0.2) is 0 Å². The molecule has 0 aromatic heterocycles. The molecule has 0 radical (unpaired) electrons. The molecule has 0 heterocycles. The lowest BCUT2D eigenvalue weighted by Gasteiger charge is -2.05. The third-order valence-corrected chi connectivity index (χ3v) is 2.43. The van der Waals surface area contributed by atoms with Crippen LogP contribution >= 0.6 is 15.9 Å². The van der Waals surface area contributed by atoms with Crippen molar-refractivity contribution < 1.29 is 4.79 Å². The van der Waals surface area contributed by atoms with Gasteiger partial charge in [-0.05, 0) is 23.3 Å². The van der Waals surface area contributed by atoms with Crippen LogP contribution in [0.5, 0.6) is 0 Å². The van der Waals surface area contributed by atoms with Crippen LogP contribution < -0.4 is 5.32 Å². The molecule has 0 saturated heterocycles. The van der Waals surface area contributed by atoms with E-state index in [0.717, 1.165) is 22.2 Å². The number of halogens is 1. The van der Waals surface area contributed by atoms with Crippen molar-refractivity contribution in [2.45, 2.75) is 6.92 Å². The average molecular weight is 254 g/mol. The van der Waals surface area contributed by atoms with Crippen molar-refractivity contribution in [3.8, 4) is 0 Å². The Balaban J connectivity index is 2.89. The van der Waals surface area contributed by atoms with Gasteiger partial charge in [0.1, 0.15) is 0 Å². The number of carbonyl (C=O) groups excluding carboxylic acids is 1. The SMILES string of the molecule is C=C(CBr)c1cccc(NC(C)=O)c1. The van der Waals surface area contributed by atoms with Crippen molar-refractivity contribution in [3.63, 3.8) is 0 Å². The van der Waals surface area contributed by atoms with Crippen molar-refractivity contribution in [2.75, 3.05) is 10.6 Å². The number of allylic oxidation sites excluding steroid dienone is 1. The van der Waals surface area contributed by atoms with Gasteiger partial charge in [0.25, 0.3) is 0 Å². The second kappa shape index (κ2) is 4.96. The number of benzene rings is 1. The quantitative estimate of drug-likeness (QED) is 0.825. The maximum absolute atomic E-state index is 10.8. The number of hydrogen-bond donors (Lipinski definition) is 1. The minimum absolute atomic E-state index is 0.0633. The summed E-state index contributed by atoms with van der Waals surface area (Å²) >= 11 is 3.34. The summed E-state index contributed by atoms with van der Waals surface area (Å²) in [7, 11) is 0. The van der Waals surface area contributed by atoms with Crippen LogP contribution in [0.25, 0.3) is 5.57 Å². The second-order valence-corrected chi connectivity index (χ2v) is 3.56. The molecule has 1 aromatic carbocycles. The van der Waals surface area contributed by atoms with Gasteiger partial charge < -0.3 is 5.32 Å². The van der Waals surface area contributed by atoms with E-state index in [1.54, 1.807) is 0 Å². The number of nitrogens with one attached hydrogen (secondary N) is 1. The Hall–Kier alpha value is -1.09. The van der Waals surface area contributed by atoms with Crippen LogP contribution in [-0.4, -0.2) is 11.2 Å². The van der Waals surface area contributed by atoms with E-state index in [-0.39, 0.29) is 5.91 Å². The number of anilines is 1. The van der Waals surface area contributed by atoms with Gasteiger partial charge in [-0.15, -0.1) is 0 Å². The van der Waals surface area contributed by atoms with Crippen LogP contribution in [0.4, 0.5) is 5.69 Å². The van der Waals surface area contributed by atoms with E-state index < -0.39 is 0 Å². The minimum Gasteiger partial charge on any atom is -0.326 e. The van der Waals surface area contributed by atoms with Gasteiger partial charge in [0.15, 0.2) is 0 Å². The zero-order chi connectivity index (χ0) is 10.6. The van der Waals surface area contributed by atoms with E-state index in [1.165, 1.54) is 6.92 Å². The molecule has 1 N–H and O–H groups in total. The Morgan fingerprint density at radius 2 is 2.29 bits per heavy atom. The van der Waals surface area contributed by atoms with Crippen molar-refractivity contribution in [1.29, 1.82) is 0 Å². The van der Waals surface area contributed by atoms with E-state index in [0.29, 0.717) is 0 Å². The fourth-order valence-electron chi connectivity index (χ4n) is 1.10. The first kappa shape index (κ1) is 11.0. The molecule has 0 aliphatic heterocycles. The Morgan fingerprint density at radius 3 is 2.86 bits per heavy atom. The highest BCUT2D eigenvalue weighted by Crippen LogP contribution is 2.18. The maximum atomic E-state index is 10.8. The van der Waals surface area contributed by atoms with Crippen molar-refractivity contribution in [1.82, 2.24) is 0 Å². The molecule has 0 aliphatic carbocycles. The van der Waals surface area contributed by atoms with Gasteiger partial charge >= 0.3 is 0 Å². The zero-order valence-electron chi connectivity index (χ0n) is 8.01. The van der Waals surface area contributed by atoms with Crippen molar-refractivity contribution in [3.05, 3.63) is 36.4 Å². The average Bonchev–Trinajstić information content (AvgIpc) is 2.16. The number of amides is 1. The topological polar surface area (TPSA) is 29.1 Å². The third-order valence-electron chi connectivity index (χ3n) is 1.75. The third kappa shape index (κ3) is 3.00. The van der Waals surface area contributed by atoms with Gasteiger partial charge in [-0.3, -0.25) is 4.79 Å². The van der Waals surface area contributed by atoms with E-state index in [1.807, 2.05) is 24.3 Å². The summed E-state index contributed by atoms with van der Waals surface area (Å²) in [6.07, 6.45) is 0. The maximum Gasteiger partial charge on any atom is 0.221 e. The Kier molecular flexibility index (Phi) is 3.89. The highest BCUT2D eigenvalue weighted by atomic mass is 79.9. The second-order valence-electron chi connectivity index (χ2n) is 3.00. The first-order chi connectivity index (χ1) is 6.63. The molecule has 0 fully saturated rings. The first-order valence-corrected chi connectivity index (χ1v) is 5.37. The number of alkyl halides is 1. The lowest BCUT2D eigenvalue weighted by molar-refractivity contribution is -0.114. The molecule has 1 aromatic rings. The van der Waals surface area contributed by atoms with Gasteiger partial charge in [0, 0.05) is 17.9 Å². The molecule has 14 heavy (non-hydrogen) atoms. The first-order valence-electron chi connectivity index (χ1n) is 4.25. The minimum atomic E-state index is -0.0633. The summed E-state index contributed by atoms with van der Waals surface area (Å²) < 4.78 is 0. The molecule has 0 spiro atoms. The number of rotatable bonds is 3. The van der Waals surface area contributed by atoms with Crippen molar-refractivity contribution in [2.24, 2.45) is 0 Å². The van der Waals surface area contributed by atoms with Gasteiger partial charge in [0.05, 0.1) is 0 Å². The van der Waals surface area contributed by atoms with Crippen LogP contribution in [0.2, 0.25) is 0 Å². The molecule has 0 bridgehead atoms. The van der Waals surface area contributed by atoms with E-state index in [4.69, 9.17) is 0 Å². The number of carbonyl (C=O) groups is 1.